The highest BCUT2D eigenvalue weighted by atomic mass is 35.5. The van der Waals surface area contributed by atoms with E-state index in [1.807, 2.05) is 0 Å². The predicted molar refractivity (Wildman–Crippen MR) is 75.9 cm³/mol. The lowest BCUT2D eigenvalue weighted by atomic mass is 9.80. The lowest BCUT2D eigenvalue weighted by molar-refractivity contribution is -0.159. The summed E-state index contributed by atoms with van der Waals surface area (Å²) in [7, 11) is -2.17. The Bertz CT molecular complexity index is 265. The molecule has 0 saturated carbocycles. The fraction of sp³-hybridized carbons (Fsp3) is 0.800. The third-order valence-corrected chi connectivity index (χ3v) is 3.46. The van der Waals surface area contributed by atoms with E-state index in [2.05, 4.69) is 25.6 Å². The fourth-order valence-electron chi connectivity index (χ4n) is 1.38. The van der Waals surface area contributed by atoms with Gasteiger partial charge in [-0.05, 0) is 19.3 Å². The zero-order valence-electron chi connectivity index (χ0n) is 12.2. The number of hydrogen-bond donors (Lipinski definition) is 6. The molecule has 11 heteroatoms. The SMILES string of the molecule is CCC(CC)(CC)C(Cl)ON.O=C(O)C(=O)O.OB(O)O. The van der Waals surface area contributed by atoms with Crippen LogP contribution in [0.4, 0.5) is 0 Å². The van der Waals surface area contributed by atoms with E-state index in [-0.39, 0.29) is 11.0 Å². The number of carbonyl (C=O) groups is 2. The molecular weight excluding hydrogens is 308 g/mol. The Labute approximate surface area is 128 Å². The summed E-state index contributed by atoms with van der Waals surface area (Å²) in [5.74, 6) is 1.40. The molecule has 0 aromatic heterocycles. The lowest BCUT2D eigenvalue weighted by Crippen LogP contribution is -2.33. The van der Waals surface area contributed by atoms with E-state index >= 15 is 0 Å². The first kappa shape index (κ1) is 25.1. The number of nitrogens with two attached hydrogens (primary N) is 1. The van der Waals surface area contributed by atoms with Gasteiger partial charge in [0.25, 0.3) is 0 Å². The highest BCUT2D eigenvalue weighted by Crippen LogP contribution is 2.37. The minimum absolute atomic E-state index is 0.0519. The Kier molecular flexibility index (Phi) is 16.8. The molecule has 0 aliphatic carbocycles. The molecular formula is C10H23BClNO8. The van der Waals surface area contributed by atoms with Gasteiger partial charge < -0.3 is 25.3 Å². The standard InChI is InChI=1S/C8H18ClNO.C2H2O4.BH3O3/c1-4-8(5-2,6-3)7(9)11-10;3-1(4)2(5)6;2-1(3)4/h7H,4-6,10H2,1-3H3;(H,3,4)(H,5,6);2-4H. The van der Waals surface area contributed by atoms with Crippen LogP contribution >= 0.6 is 11.6 Å². The molecule has 0 aromatic rings. The van der Waals surface area contributed by atoms with Crippen LogP contribution < -0.4 is 5.90 Å². The van der Waals surface area contributed by atoms with Gasteiger partial charge in [0.1, 0.15) is 0 Å². The monoisotopic (exact) mass is 331 g/mol. The third-order valence-electron chi connectivity index (χ3n) is 2.90. The molecule has 126 valence electrons. The zero-order chi connectivity index (χ0) is 17.6. The Balaban J connectivity index is -0.000000272. The van der Waals surface area contributed by atoms with Crippen LogP contribution in [-0.4, -0.2) is 50.1 Å². The summed E-state index contributed by atoms with van der Waals surface area (Å²) in [5, 5.41) is 36.3. The minimum atomic E-state index is -2.17. The Hall–Kier alpha value is -0.905. The number of carboxylic acids is 2. The van der Waals surface area contributed by atoms with Gasteiger partial charge in [-0.1, -0.05) is 32.4 Å². The normalized spacial score (nSPS) is 11.2. The third kappa shape index (κ3) is 13.8. The molecule has 9 nitrogen and oxygen atoms in total. The second kappa shape index (κ2) is 14.0. The van der Waals surface area contributed by atoms with Gasteiger partial charge in [-0.2, -0.15) is 0 Å². The van der Waals surface area contributed by atoms with Crippen molar-refractivity contribution in [3.05, 3.63) is 0 Å². The summed E-state index contributed by atoms with van der Waals surface area (Å²) in [6.45, 7) is 6.34. The van der Waals surface area contributed by atoms with Crippen molar-refractivity contribution in [1.82, 2.24) is 0 Å². The molecule has 0 aromatic carbocycles. The molecule has 0 radical (unpaired) electrons. The van der Waals surface area contributed by atoms with Gasteiger partial charge >= 0.3 is 19.3 Å². The number of alkyl halides is 1. The van der Waals surface area contributed by atoms with E-state index in [1.165, 1.54) is 0 Å². The van der Waals surface area contributed by atoms with E-state index in [4.69, 9.17) is 52.4 Å². The summed E-state index contributed by atoms with van der Waals surface area (Å²) in [5.41, 5.74) is -0.307. The number of hydrogen-bond acceptors (Lipinski definition) is 7. The van der Waals surface area contributed by atoms with Crippen LogP contribution in [0.3, 0.4) is 0 Å². The van der Waals surface area contributed by atoms with Gasteiger partial charge in [0.15, 0.2) is 5.56 Å². The van der Waals surface area contributed by atoms with E-state index in [9.17, 15) is 0 Å². The summed E-state index contributed by atoms with van der Waals surface area (Å²) >= 11 is 5.94. The van der Waals surface area contributed by atoms with E-state index < -0.39 is 19.3 Å². The second-order valence-corrected chi connectivity index (χ2v) is 4.23. The van der Waals surface area contributed by atoms with Crippen molar-refractivity contribution in [3.63, 3.8) is 0 Å². The topological polar surface area (TPSA) is 171 Å². The molecule has 0 saturated heterocycles. The van der Waals surface area contributed by atoms with Crippen molar-refractivity contribution in [2.45, 2.75) is 45.6 Å². The highest BCUT2D eigenvalue weighted by molar-refractivity contribution is 6.30. The van der Waals surface area contributed by atoms with Gasteiger partial charge in [-0.25, -0.2) is 15.5 Å². The van der Waals surface area contributed by atoms with Gasteiger partial charge in [0, 0.05) is 5.41 Å². The van der Waals surface area contributed by atoms with Crippen molar-refractivity contribution in [3.8, 4) is 0 Å². The summed E-state index contributed by atoms with van der Waals surface area (Å²) in [4.78, 5) is 22.9. The molecule has 0 aliphatic rings. The van der Waals surface area contributed by atoms with Crippen molar-refractivity contribution >= 4 is 30.9 Å². The summed E-state index contributed by atoms with van der Waals surface area (Å²) in [6, 6.07) is 0. The zero-order valence-corrected chi connectivity index (χ0v) is 12.9. The van der Waals surface area contributed by atoms with Crippen LogP contribution in [0.25, 0.3) is 0 Å². The number of aliphatic carboxylic acids is 2. The molecule has 21 heavy (non-hydrogen) atoms. The van der Waals surface area contributed by atoms with Crippen molar-refractivity contribution in [1.29, 1.82) is 0 Å². The lowest BCUT2D eigenvalue weighted by Gasteiger charge is -2.33. The molecule has 0 aliphatic heterocycles. The molecule has 0 fully saturated rings. The molecule has 0 spiro atoms. The predicted octanol–water partition coefficient (Wildman–Crippen LogP) is -0.238. The Morgan fingerprint density at radius 3 is 1.38 bits per heavy atom. The fourth-order valence-corrected chi connectivity index (χ4v) is 1.84. The minimum Gasteiger partial charge on any atom is -0.473 e. The molecule has 0 bridgehead atoms. The van der Waals surface area contributed by atoms with Gasteiger partial charge in [-0.15, -0.1) is 0 Å². The maximum absolute atomic E-state index is 9.10. The molecule has 0 amide bonds. The van der Waals surface area contributed by atoms with Gasteiger partial charge in [-0.3, -0.25) is 4.84 Å². The second-order valence-electron chi connectivity index (χ2n) is 3.83. The summed E-state index contributed by atoms with van der Waals surface area (Å²) < 4.78 is 0. The van der Waals surface area contributed by atoms with Crippen molar-refractivity contribution < 1.29 is 39.7 Å². The first-order valence-corrected chi connectivity index (χ1v) is 6.48. The smallest absolute Gasteiger partial charge is 0.473 e. The van der Waals surface area contributed by atoms with Crippen molar-refractivity contribution in [2.75, 3.05) is 0 Å². The van der Waals surface area contributed by atoms with Gasteiger partial charge in [0.2, 0.25) is 0 Å². The first-order valence-electron chi connectivity index (χ1n) is 6.04. The van der Waals surface area contributed by atoms with E-state index in [1.54, 1.807) is 0 Å². The molecule has 0 rings (SSSR count). The Morgan fingerprint density at radius 2 is 1.33 bits per heavy atom. The molecule has 7 N–H and O–H groups in total. The average Bonchev–Trinajstić information content (AvgIpc) is 2.41. The molecule has 1 atom stereocenters. The highest BCUT2D eigenvalue weighted by Gasteiger charge is 2.33. The van der Waals surface area contributed by atoms with E-state index in [0.29, 0.717) is 0 Å². The maximum Gasteiger partial charge on any atom is 0.631 e. The van der Waals surface area contributed by atoms with Crippen molar-refractivity contribution in [2.24, 2.45) is 11.3 Å². The quantitative estimate of drug-likeness (QED) is 0.172. The van der Waals surface area contributed by atoms with Gasteiger partial charge in [0.05, 0.1) is 0 Å². The molecule has 0 heterocycles. The maximum atomic E-state index is 9.10. The van der Waals surface area contributed by atoms with E-state index in [0.717, 1.165) is 19.3 Å². The van der Waals surface area contributed by atoms with Crippen LogP contribution in [0, 0.1) is 5.41 Å². The number of halogens is 1. The number of carboxylic acid groups (broad SMARTS) is 2. The average molecular weight is 332 g/mol. The Morgan fingerprint density at radius 1 is 1.10 bits per heavy atom. The summed E-state index contributed by atoms with van der Waals surface area (Å²) in [6.07, 6.45) is 3.02. The largest absolute Gasteiger partial charge is 0.631 e. The van der Waals surface area contributed by atoms with Crippen LogP contribution in [0.1, 0.15) is 40.0 Å². The first-order chi connectivity index (χ1) is 9.54. The number of rotatable bonds is 5. The molecule has 1 unspecified atom stereocenters. The van der Waals surface area contributed by atoms with Crippen LogP contribution in [0.5, 0.6) is 0 Å². The van der Waals surface area contributed by atoms with Crippen LogP contribution in [-0.2, 0) is 14.4 Å². The van der Waals surface area contributed by atoms with Crippen LogP contribution in [0.15, 0.2) is 0 Å². The van der Waals surface area contributed by atoms with Crippen LogP contribution in [0.2, 0.25) is 0 Å².